The first kappa shape index (κ1) is 20.6. The second kappa shape index (κ2) is 9.01. The third-order valence-electron chi connectivity index (χ3n) is 5.30. The molecule has 2 aromatic rings. The Bertz CT molecular complexity index is 913. The number of aromatic amines is 1. The van der Waals surface area contributed by atoms with Crippen molar-refractivity contribution in [3.63, 3.8) is 0 Å². The van der Waals surface area contributed by atoms with Gasteiger partial charge in [0.05, 0.1) is 25.5 Å². The van der Waals surface area contributed by atoms with Crippen molar-refractivity contribution in [2.75, 3.05) is 46.0 Å². The summed E-state index contributed by atoms with van der Waals surface area (Å²) in [7, 11) is -3.42. The molecular weight excluding hydrogens is 416 g/mol. The molecule has 8 nitrogen and oxygen atoms in total. The number of benzene rings is 1. The second-order valence-electron chi connectivity index (χ2n) is 7.23. The summed E-state index contributed by atoms with van der Waals surface area (Å²) in [5.41, 5.74) is 1.88. The van der Waals surface area contributed by atoms with E-state index in [1.165, 1.54) is 4.31 Å². The van der Waals surface area contributed by atoms with Crippen LogP contribution in [0.2, 0.25) is 5.02 Å². The van der Waals surface area contributed by atoms with Gasteiger partial charge in [0.25, 0.3) is 10.2 Å². The molecule has 2 aliphatic heterocycles. The van der Waals surface area contributed by atoms with Gasteiger partial charge in [0.2, 0.25) is 0 Å². The van der Waals surface area contributed by atoms with Gasteiger partial charge in [0.1, 0.15) is 5.75 Å². The fraction of sp³-hybridized carbons (Fsp3) is 0.526. The zero-order chi connectivity index (χ0) is 20.3. The summed E-state index contributed by atoms with van der Waals surface area (Å²) in [4.78, 5) is 0. The van der Waals surface area contributed by atoms with Crippen LogP contribution in [0.3, 0.4) is 0 Å². The normalized spacial score (nSPS) is 21.5. The molecule has 10 heteroatoms. The molecular formula is C19H25ClN4O4S. The highest BCUT2D eigenvalue weighted by Gasteiger charge is 2.37. The van der Waals surface area contributed by atoms with Crippen LogP contribution in [0.25, 0.3) is 0 Å². The predicted octanol–water partition coefficient (Wildman–Crippen LogP) is 2.05. The maximum absolute atomic E-state index is 12.8. The molecule has 3 heterocycles. The molecule has 1 unspecified atom stereocenters. The second-order valence-corrected chi connectivity index (χ2v) is 9.60. The van der Waals surface area contributed by atoms with Crippen molar-refractivity contribution in [1.29, 1.82) is 0 Å². The number of hydrogen-bond donors (Lipinski definition) is 1. The van der Waals surface area contributed by atoms with E-state index in [2.05, 4.69) is 10.2 Å². The van der Waals surface area contributed by atoms with Crippen molar-refractivity contribution in [2.24, 2.45) is 0 Å². The van der Waals surface area contributed by atoms with E-state index >= 15 is 0 Å². The maximum Gasteiger partial charge on any atom is 0.282 e. The zero-order valence-corrected chi connectivity index (χ0v) is 17.7. The molecule has 1 aromatic carbocycles. The molecule has 2 saturated heterocycles. The highest BCUT2D eigenvalue weighted by Crippen LogP contribution is 2.29. The van der Waals surface area contributed by atoms with Gasteiger partial charge in [-0.2, -0.15) is 22.1 Å². The van der Waals surface area contributed by atoms with Crippen LogP contribution in [-0.2, 0) is 21.4 Å². The first-order chi connectivity index (χ1) is 14.0. The van der Waals surface area contributed by atoms with Crippen LogP contribution in [0, 0.1) is 0 Å². The van der Waals surface area contributed by atoms with E-state index in [-0.39, 0.29) is 5.92 Å². The third-order valence-corrected chi connectivity index (χ3v) is 7.55. The van der Waals surface area contributed by atoms with Crippen LogP contribution < -0.4 is 4.74 Å². The lowest BCUT2D eigenvalue weighted by atomic mass is 10.0. The Balaban J connectivity index is 1.30. The Morgan fingerprint density at radius 2 is 1.93 bits per heavy atom. The quantitative estimate of drug-likeness (QED) is 0.711. The van der Waals surface area contributed by atoms with E-state index in [0.29, 0.717) is 57.4 Å². The summed E-state index contributed by atoms with van der Waals surface area (Å²) in [6, 6.07) is 9.27. The first-order valence-electron chi connectivity index (χ1n) is 9.78. The lowest BCUT2D eigenvalue weighted by Crippen LogP contribution is -2.47. The molecule has 0 bridgehead atoms. The van der Waals surface area contributed by atoms with Crippen molar-refractivity contribution >= 4 is 21.8 Å². The third kappa shape index (κ3) is 4.92. The summed E-state index contributed by atoms with van der Waals surface area (Å²) >= 11 is 5.87. The van der Waals surface area contributed by atoms with Gasteiger partial charge in [-0.1, -0.05) is 11.6 Å². The average molecular weight is 441 g/mol. The van der Waals surface area contributed by atoms with Crippen molar-refractivity contribution in [3.05, 3.63) is 46.7 Å². The molecule has 158 valence electrons. The molecule has 1 N–H and O–H groups in total. The van der Waals surface area contributed by atoms with Gasteiger partial charge in [-0.25, -0.2) is 0 Å². The molecule has 0 saturated carbocycles. The Morgan fingerprint density at radius 3 is 2.69 bits per heavy atom. The number of nitrogens with zero attached hydrogens (tertiary/aromatic N) is 3. The van der Waals surface area contributed by atoms with Gasteiger partial charge in [0, 0.05) is 49.2 Å². The molecule has 4 rings (SSSR count). The number of morpholine rings is 1. The fourth-order valence-electron chi connectivity index (χ4n) is 3.65. The van der Waals surface area contributed by atoms with Crippen LogP contribution in [-0.4, -0.2) is 73.2 Å². The summed E-state index contributed by atoms with van der Waals surface area (Å²) in [6.07, 6.45) is 1.47. The van der Waals surface area contributed by atoms with E-state index in [9.17, 15) is 8.42 Å². The lowest BCUT2D eigenvalue weighted by Gasteiger charge is -2.30. The van der Waals surface area contributed by atoms with E-state index in [0.717, 1.165) is 23.6 Å². The number of rotatable bonds is 7. The molecule has 0 amide bonds. The summed E-state index contributed by atoms with van der Waals surface area (Å²) in [6.45, 7) is 3.25. The van der Waals surface area contributed by atoms with Gasteiger partial charge in [-0.15, -0.1) is 0 Å². The fourth-order valence-corrected chi connectivity index (χ4v) is 5.41. The molecule has 1 atom stereocenters. The van der Waals surface area contributed by atoms with Crippen molar-refractivity contribution in [1.82, 2.24) is 18.8 Å². The molecule has 29 heavy (non-hydrogen) atoms. The number of H-pyrrole nitrogens is 1. The van der Waals surface area contributed by atoms with Crippen LogP contribution in [0.5, 0.6) is 5.75 Å². The standard InChI is InChI=1S/C19H25ClN4O4S/c20-16-1-3-18(4-2-16)28-10-6-17-13-19(22-21-17)15-5-7-24(14-15)29(25,26)23-8-11-27-12-9-23/h1-4,13,15H,5-12,14H2,(H,21,22). The predicted molar refractivity (Wildman–Crippen MR) is 109 cm³/mol. The minimum atomic E-state index is -3.42. The number of ether oxygens (including phenoxy) is 2. The van der Waals surface area contributed by atoms with Crippen molar-refractivity contribution in [3.8, 4) is 5.75 Å². The number of nitrogens with one attached hydrogen (secondary N) is 1. The molecule has 0 spiro atoms. The minimum Gasteiger partial charge on any atom is -0.493 e. The number of hydrogen-bond acceptors (Lipinski definition) is 5. The first-order valence-corrected chi connectivity index (χ1v) is 11.6. The Kier molecular flexibility index (Phi) is 6.41. The van der Waals surface area contributed by atoms with Crippen LogP contribution in [0.15, 0.2) is 30.3 Å². The topological polar surface area (TPSA) is 87.8 Å². The maximum atomic E-state index is 12.8. The lowest BCUT2D eigenvalue weighted by molar-refractivity contribution is 0.0705. The van der Waals surface area contributed by atoms with Crippen LogP contribution in [0.4, 0.5) is 0 Å². The molecule has 0 aliphatic carbocycles. The summed E-state index contributed by atoms with van der Waals surface area (Å²) in [5.74, 6) is 0.877. The van der Waals surface area contributed by atoms with E-state index < -0.39 is 10.2 Å². The molecule has 0 radical (unpaired) electrons. The highest BCUT2D eigenvalue weighted by atomic mass is 35.5. The molecule has 1 aromatic heterocycles. The largest absolute Gasteiger partial charge is 0.493 e. The Hall–Kier alpha value is -1.65. The summed E-state index contributed by atoms with van der Waals surface area (Å²) in [5, 5.41) is 8.14. The van der Waals surface area contributed by atoms with Gasteiger partial charge >= 0.3 is 0 Å². The molecule has 2 fully saturated rings. The van der Waals surface area contributed by atoms with Gasteiger partial charge < -0.3 is 9.47 Å². The minimum absolute atomic E-state index is 0.105. The molecule has 2 aliphatic rings. The van der Waals surface area contributed by atoms with Gasteiger partial charge in [-0.3, -0.25) is 5.10 Å². The SMILES string of the molecule is O=S(=O)(N1CCOCC1)N1CCC(c2cc(CCOc3ccc(Cl)cc3)[nH]n2)C1. The Labute approximate surface area is 175 Å². The van der Waals surface area contributed by atoms with E-state index in [4.69, 9.17) is 21.1 Å². The Morgan fingerprint density at radius 1 is 1.17 bits per heavy atom. The van der Waals surface area contributed by atoms with Crippen molar-refractivity contribution < 1.29 is 17.9 Å². The summed E-state index contributed by atoms with van der Waals surface area (Å²) < 4.78 is 39.7. The van der Waals surface area contributed by atoms with Crippen LogP contribution >= 0.6 is 11.6 Å². The van der Waals surface area contributed by atoms with Crippen molar-refractivity contribution in [2.45, 2.75) is 18.8 Å². The van der Waals surface area contributed by atoms with Crippen LogP contribution in [0.1, 0.15) is 23.7 Å². The highest BCUT2D eigenvalue weighted by molar-refractivity contribution is 7.86. The van der Waals surface area contributed by atoms with Gasteiger partial charge in [0.15, 0.2) is 0 Å². The number of halogens is 1. The average Bonchev–Trinajstić information content (AvgIpc) is 3.40. The van der Waals surface area contributed by atoms with E-state index in [1.807, 2.05) is 18.2 Å². The zero-order valence-electron chi connectivity index (χ0n) is 16.1. The van der Waals surface area contributed by atoms with Gasteiger partial charge in [-0.05, 0) is 36.8 Å². The number of aromatic nitrogens is 2. The smallest absolute Gasteiger partial charge is 0.282 e. The van der Waals surface area contributed by atoms with E-state index in [1.54, 1.807) is 16.4 Å². The monoisotopic (exact) mass is 440 g/mol.